The molecule has 9 heteroatoms. The smallest absolute Gasteiger partial charge is 0.307 e. The lowest BCUT2D eigenvalue weighted by molar-refractivity contribution is -0.135. The molecule has 1 aliphatic heterocycles. The van der Waals surface area contributed by atoms with Crippen LogP contribution in [0, 0.1) is 0 Å². The fraction of sp³-hybridized carbons (Fsp3) is 0.222. The number of hydrogen-bond donors (Lipinski definition) is 1. The van der Waals surface area contributed by atoms with Gasteiger partial charge in [-0.25, -0.2) is 0 Å². The lowest BCUT2D eigenvalue weighted by Crippen LogP contribution is -2.45. The van der Waals surface area contributed by atoms with Gasteiger partial charge in [0.25, 0.3) is 5.91 Å². The number of carbonyl (C=O) groups excluding carboxylic acids is 1. The van der Waals surface area contributed by atoms with E-state index >= 15 is 0 Å². The number of rotatable bonds is 7. The molecule has 0 atom stereocenters. The number of nitrogens with zero attached hydrogens (tertiary/aromatic N) is 3. The summed E-state index contributed by atoms with van der Waals surface area (Å²) >= 11 is 12.8. The maximum Gasteiger partial charge on any atom is 0.307 e. The molecule has 2 aromatic carbocycles. The Bertz CT molecular complexity index is 1360. The molecule has 1 N–H and O–H groups in total. The monoisotopic (exact) mass is 523 g/mol. The van der Waals surface area contributed by atoms with Gasteiger partial charge in [-0.15, -0.1) is 0 Å². The Labute approximate surface area is 218 Å². The summed E-state index contributed by atoms with van der Waals surface area (Å²) < 4.78 is 6.06. The lowest BCUT2D eigenvalue weighted by atomic mass is 10.1. The van der Waals surface area contributed by atoms with Crippen LogP contribution in [0.1, 0.15) is 35.2 Å². The van der Waals surface area contributed by atoms with Gasteiger partial charge in [0.05, 0.1) is 27.8 Å². The Balaban J connectivity index is 1.41. The zero-order valence-corrected chi connectivity index (χ0v) is 20.7. The summed E-state index contributed by atoms with van der Waals surface area (Å²) in [5.74, 6) is -0.572. The molecule has 1 fully saturated rings. The number of carboxylic acid groups (broad SMARTS) is 1. The molecular weight excluding hydrogens is 501 g/mol. The average Bonchev–Trinajstić information content (AvgIpc) is 3.71. The quantitative estimate of drug-likeness (QED) is 0.391. The number of para-hydroxylation sites is 2. The van der Waals surface area contributed by atoms with Crippen molar-refractivity contribution in [1.29, 1.82) is 0 Å². The van der Waals surface area contributed by atoms with Crippen molar-refractivity contribution in [2.75, 3.05) is 22.9 Å². The molecule has 1 amide bonds. The lowest BCUT2D eigenvalue weighted by Gasteiger charge is -2.38. The average molecular weight is 524 g/mol. The van der Waals surface area contributed by atoms with Crippen molar-refractivity contribution in [2.45, 2.75) is 25.3 Å². The number of hydrogen-bond acceptors (Lipinski definition) is 5. The van der Waals surface area contributed by atoms with Crippen LogP contribution in [0.2, 0.25) is 10.0 Å². The van der Waals surface area contributed by atoms with Crippen LogP contribution in [0.3, 0.4) is 0 Å². The van der Waals surface area contributed by atoms with Crippen molar-refractivity contribution in [3.05, 3.63) is 82.1 Å². The predicted molar refractivity (Wildman–Crippen MR) is 141 cm³/mol. The molecule has 0 radical (unpaired) electrons. The first-order valence-electron chi connectivity index (χ1n) is 11.6. The molecule has 0 saturated heterocycles. The van der Waals surface area contributed by atoms with Crippen LogP contribution in [0.25, 0.3) is 6.08 Å². The van der Waals surface area contributed by atoms with Crippen LogP contribution >= 0.6 is 23.2 Å². The summed E-state index contributed by atoms with van der Waals surface area (Å²) in [6, 6.07) is 13.3. The second-order valence-corrected chi connectivity index (χ2v) is 9.46. The fourth-order valence-electron chi connectivity index (χ4n) is 4.29. The van der Waals surface area contributed by atoms with Crippen molar-refractivity contribution in [3.63, 3.8) is 0 Å². The standard InChI is InChI=1S/C27H23Cl2N3O4/c28-20-15-25(21(29)14-17(20)4-3-7-26(33)34)36-24-10-11-30-16-19(24)27(35)32-13-12-31(18-8-9-18)22-5-1-2-6-23(22)32/h1-6,10-11,14-16,18H,7-9,12-13H2,(H,33,34)/b4-3+. The molecule has 7 nitrogen and oxygen atoms in total. The molecule has 184 valence electrons. The van der Waals surface area contributed by atoms with Crippen molar-refractivity contribution < 1.29 is 19.4 Å². The van der Waals surface area contributed by atoms with Gasteiger partial charge in [-0.2, -0.15) is 0 Å². The number of anilines is 2. The van der Waals surface area contributed by atoms with Gasteiger partial charge >= 0.3 is 5.97 Å². The Kier molecular flexibility index (Phi) is 6.85. The first-order valence-corrected chi connectivity index (χ1v) is 12.3. The third-order valence-electron chi connectivity index (χ3n) is 6.15. The minimum absolute atomic E-state index is 0.132. The van der Waals surface area contributed by atoms with E-state index in [0.29, 0.717) is 34.5 Å². The number of fused-ring (bicyclic) bond motifs is 1. The summed E-state index contributed by atoms with van der Waals surface area (Å²) in [4.78, 5) is 32.8. The van der Waals surface area contributed by atoms with E-state index in [0.717, 1.165) is 17.9 Å². The van der Waals surface area contributed by atoms with Gasteiger partial charge in [-0.3, -0.25) is 14.6 Å². The summed E-state index contributed by atoms with van der Waals surface area (Å²) in [5, 5.41) is 9.42. The normalized spacial score (nSPS) is 15.2. The summed E-state index contributed by atoms with van der Waals surface area (Å²) in [6.45, 7) is 1.33. The SMILES string of the molecule is O=C(O)C/C=C/c1cc(Cl)c(Oc2ccncc2C(=O)N2CCN(C3CC3)c3ccccc32)cc1Cl. The molecule has 0 unspecified atom stereocenters. The largest absolute Gasteiger partial charge is 0.481 e. The fourth-order valence-corrected chi connectivity index (χ4v) is 4.72. The Morgan fingerprint density at radius 2 is 1.83 bits per heavy atom. The highest BCUT2D eigenvalue weighted by molar-refractivity contribution is 6.35. The highest BCUT2D eigenvalue weighted by atomic mass is 35.5. The van der Waals surface area contributed by atoms with E-state index in [9.17, 15) is 9.59 Å². The van der Waals surface area contributed by atoms with E-state index < -0.39 is 5.97 Å². The zero-order chi connectivity index (χ0) is 25.2. The second kappa shape index (κ2) is 10.2. The molecule has 2 aliphatic rings. The number of ether oxygens (including phenoxy) is 1. The highest BCUT2D eigenvalue weighted by Crippen LogP contribution is 2.41. The highest BCUT2D eigenvalue weighted by Gasteiger charge is 2.36. The number of aromatic nitrogens is 1. The summed E-state index contributed by atoms with van der Waals surface area (Å²) in [6.07, 6.45) is 8.34. The minimum atomic E-state index is -0.945. The number of halogens is 2. The first-order chi connectivity index (χ1) is 17.4. The first kappa shape index (κ1) is 24.2. The number of benzene rings is 2. The molecule has 1 aliphatic carbocycles. The van der Waals surface area contributed by atoms with Gasteiger partial charge in [-0.05, 0) is 42.7 Å². The number of carboxylic acids is 1. The topological polar surface area (TPSA) is 83.0 Å². The van der Waals surface area contributed by atoms with E-state index in [1.807, 2.05) is 18.2 Å². The molecule has 2 heterocycles. The zero-order valence-electron chi connectivity index (χ0n) is 19.2. The summed E-state index contributed by atoms with van der Waals surface area (Å²) in [7, 11) is 0. The predicted octanol–water partition coefficient (Wildman–Crippen LogP) is 6.30. The van der Waals surface area contributed by atoms with Gasteiger partial charge in [-0.1, -0.05) is 47.5 Å². The third kappa shape index (κ3) is 5.03. The van der Waals surface area contributed by atoms with Crippen LogP contribution in [-0.2, 0) is 4.79 Å². The van der Waals surface area contributed by atoms with Gasteiger partial charge in [0.1, 0.15) is 17.1 Å². The maximum atomic E-state index is 13.7. The Hall–Kier alpha value is -3.55. The Morgan fingerprint density at radius 3 is 2.58 bits per heavy atom. The van der Waals surface area contributed by atoms with E-state index in [2.05, 4.69) is 16.0 Å². The molecule has 36 heavy (non-hydrogen) atoms. The molecule has 0 spiro atoms. The van der Waals surface area contributed by atoms with E-state index in [1.54, 1.807) is 35.4 Å². The van der Waals surface area contributed by atoms with Gasteiger partial charge in [0.2, 0.25) is 0 Å². The molecule has 1 saturated carbocycles. The second-order valence-electron chi connectivity index (χ2n) is 8.65. The number of carbonyl (C=O) groups is 2. The number of aliphatic carboxylic acids is 1. The van der Waals surface area contributed by atoms with Crippen molar-refractivity contribution in [3.8, 4) is 11.5 Å². The third-order valence-corrected chi connectivity index (χ3v) is 6.77. The van der Waals surface area contributed by atoms with E-state index in [-0.39, 0.29) is 23.1 Å². The molecule has 3 aromatic rings. The van der Waals surface area contributed by atoms with Crippen LogP contribution in [0.5, 0.6) is 11.5 Å². The van der Waals surface area contributed by atoms with Crippen molar-refractivity contribution in [1.82, 2.24) is 4.98 Å². The molecule has 0 bridgehead atoms. The van der Waals surface area contributed by atoms with E-state index in [4.69, 9.17) is 33.0 Å². The van der Waals surface area contributed by atoms with Gasteiger partial charge < -0.3 is 19.6 Å². The maximum absolute atomic E-state index is 13.7. The van der Waals surface area contributed by atoms with Crippen molar-refractivity contribution >= 4 is 52.5 Å². The van der Waals surface area contributed by atoms with Gasteiger partial charge in [0, 0.05) is 37.6 Å². The van der Waals surface area contributed by atoms with Crippen LogP contribution in [-0.4, -0.2) is 41.1 Å². The number of amides is 1. The van der Waals surface area contributed by atoms with Crippen LogP contribution in [0.15, 0.2) is 60.9 Å². The summed E-state index contributed by atoms with van der Waals surface area (Å²) in [5.41, 5.74) is 2.80. The van der Waals surface area contributed by atoms with Gasteiger partial charge in [0.15, 0.2) is 0 Å². The minimum Gasteiger partial charge on any atom is -0.481 e. The number of pyridine rings is 1. The van der Waals surface area contributed by atoms with Crippen LogP contribution in [0.4, 0.5) is 11.4 Å². The van der Waals surface area contributed by atoms with Crippen molar-refractivity contribution in [2.24, 2.45) is 0 Å². The van der Waals surface area contributed by atoms with E-state index in [1.165, 1.54) is 25.1 Å². The molecular formula is C27H23Cl2N3O4. The molecule has 1 aromatic heterocycles. The Morgan fingerprint density at radius 1 is 1.06 bits per heavy atom. The van der Waals surface area contributed by atoms with Crippen LogP contribution < -0.4 is 14.5 Å². The molecule has 5 rings (SSSR count).